The van der Waals surface area contributed by atoms with Gasteiger partial charge in [-0.05, 0) is 12.8 Å². The van der Waals surface area contributed by atoms with Gasteiger partial charge < -0.3 is 4.42 Å². The Morgan fingerprint density at radius 2 is 1.92 bits per heavy atom. The van der Waals surface area contributed by atoms with Gasteiger partial charge in [0.15, 0.2) is 0 Å². The molecular weight excluding hydrogens is 168 g/mol. The molecule has 0 bridgehead atoms. The van der Waals surface area contributed by atoms with Crippen molar-refractivity contribution in [1.29, 1.82) is 0 Å². The van der Waals surface area contributed by atoms with Crippen LogP contribution in [0.3, 0.4) is 0 Å². The molecule has 1 aromatic heterocycles. The Hall–Kier alpha value is -0.370. The first-order valence-corrected chi connectivity index (χ1v) is 5.02. The van der Waals surface area contributed by atoms with Gasteiger partial charge in [-0.1, -0.05) is 20.3 Å². The third-order valence-corrected chi connectivity index (χ3v) is 2.44. The lowest BCUT2D eigenvalue weighted by Crippen LogP contribution is -1.83. The highest BCUT2D eigenvalue weighted by Crippen LogP contribution is 2.23. The average Bonchev–Trinajstić information content (AvgIpc) is 2.38. The van der Waals surface area contributed by atoms with Crippen molar-refractivity contribution in [3.05, 3.63) is 17.6 Å². The number of hydrogen-bond donors (Lipinski definition) is 1. The van der Waals surface area contributed by atoms with Crippen molar-refractivity contribution < 1.29 is 4.42 Å². The van der Waals surface area contributed by atoms with E-state index in [1.54, 1.807) is 0 Å². The molecule has 12 heavy (non-hydrogen) atoms. The van der Waals surface area contributed by atoms with Crippen LogP contribution in [0.5, 0.6) is 0 Å². The fraction of sp³-hybridized carbons (Fsp3) is 0.600. The van der Waals surface area contributed by atoms with Crippen LogP contribution in [0.25, 0.3) is 0 Å². The molecule has 1 rings (SSSR count). The monoisotopic (exact) mass is 184 g/mol. The lowest BCUT2D eigenvalue weighted by Gasteiger charge is -1.95. The van der Waals surface area contributed by atoms with Crippen LogP contribution in [0.1, 0.15) is 38.0 Å². The molecule has 1 nitrogen and oxygen atoms in total. The van der Waals surface area contributed by atoms with Crippen LogP contribution in [-0.4, -0.2) is 0 Å². The predicted molar refractivity (Wildman–Crippen MR) is 54.0 cm³/mol. The van der Waals surface area contributed by atoms with Crippen LogP contribution in [-0.2, 0) is 12.8 Å². The molecule has 1 aromatic rings. The first-order valence-electron chi connectivity index (χ1n) is 4.57. The van der Waals surface area contributed by atoms with Crippen LogP contribution >= 0.6 is 12.6 Å². The molecule has 0 amide bonds. The minimum atomic E-state index is 1.00. The Balaban J connectivity index is 2.74. The molecule has 0 fully saturated rings. The van der Waals surface area contributed by atoms with E-state index in [9.17, 15) is 0 Å². The molecule has 0 aliphatic rings. The highest BCUT2D eigenvalue weighted by atomic mass is 32.1. The molecule has 0 atom stereocenters. The zero-order valence-electron chi connectivity index (χ0n) is 7.76. The maximum Gasteiger partial charge on any atom is 0.117 e. The van der Waals surface area contributed by atoms with Gasteiger partial charge in [0.1, 0.15) is 5.76 Å². The van der Waals surface area contributed by atoms with E-state index in [1.165, 1.54) is 5.56 Å². The van der Waals surface area contributed by atoms with Crippen LogP contribution in [0.15, 0.2) is 15.6 Å². The smallest absolute Gasteiger partial charge is 0.117 e. The summed E-state index contributed by atoms with van der Waals surface area (Å²) in [6.07, 6.45) is 6.19. The molecule has 0 saturated heterocycles. The van der Waals surface area contributed by atoms with Crippen molar-refractivity contribution in [2.45, 2.75) is 44.4 Å². The van der Waals surface area contributed by atoms with E-state index >= 15 is 0 Å². The van der Waals surface area contributed by atoms with Crippen molar-refractivity contribution >= 4 is 12.6 Å². The van der Waals surface area contributed by atoms with Gasteiger partial charge in [-0.3, -0.25) is 0 Å². The van der Waals surface area contributed by atoms with E-state index in [1.807, 2.05) is 6.26 Å². The summed E-state index contributed by atoms with van der Waals surface area (Å²) in [6, 6.07) is 0. The third-order valence-electron chi connectivity index (χ3n) is 1.91. The van der Waals surface area contributed by atoms with Crippen LogP contribution in [0.4, 0.5) is 0 Å². The summed E-state index contributed by atoms with van der Waals surface area (Å²) in [4.78, 5) is 1.07. The zero-order chi connectivity index (χ0) is 8.97. The van der Waals surface area contributed by atoms with Gasteiger partial charge in [0.2, 0.25) is 0 Å². The van der Waals surface area contributed by atoms with Crippen LogP contribution in [0, 0.1) is 0 Å². The number of aryl methyl sites for hydroxylation is 2. The van der Waals surface area contributed by atoms with Gasteiger partial charge in [0.05, 0.1) is 6.26 Å². The van der Waals surface area contributed by atoms with Gasteiger partial charge in [-0.15, -0.1) is 12.6 Å². The Labute approximate surface area is 79.6 Å². The molecule has 0 aliphatic carbocycles. The normalized spacial score (nSPS) is 10.6. The van der Waals surface area contributed by atoms with Crippen LogP contribution in [0.2, 0.25) is 0 Å². The second kappa shape index (κ2) is 4.61. The molecule has 0 aliphatic heterocycles. The molecule has 0 unspecified atom stereocenters. The number of rotatable bonds is 4. The Bertz CT molecular complexity index is 216. The van der Waals surface area contributed by atoms with E-state index in [0.717, 1.165) is 36.3 Å². The molecule has 0 saturated carbocycles. The standard InChI is InChI=1S/C10H16OS/c1-3-5-8-7-11-9(6-4-2)10(8)12/h7,12H,3-6H2,1-2H3. The largest absolute Gasteiger partial charge is 0.468 e. The number of hydrogen-bond acceptors (Lipinski definition) is 2. The second-order valence-electron chi connectivity index (χ2n) is 3.03. The van der Waals surface area contributed by atoms with E-state index in [-0.39, 0.29) is 0 Å². The van der Waals surface area contributed by atoms with E-state index in [0.29, 0.717) is 0 Å². The summed E-state index contributed by atoms with van der Waals surface area (Å²) in [6.45, 7) is 4.31. The molecule has 0 aromatic carbocycles. The lowest BCUT2D eigenvalue weighted by atomic mass is 10.2. The SMILES string of the molecule is CCCc1coc(CCC)c1S. The minimum absolute atomic E-state index is 1.00. The first kappa shape index (κ1) is 9.72. The van der Waals surface area contributed by atoms with Crippen molar-refractivity contribution in [2.75, 3.05) is 0 Å². The second-order valence-corrected chi connectivity index (χ2v) is 3.48. The van der Waals surface area contributed by atoms with E-state index < -0.39 is 0 Å². The molecule has 0 radical (unpaired) electrons. The summed E-state index contributed by atoms with van der Waals surface area (Å²) in [5.74, 6) is 1.05. The summed E-state index contributed by atoms with van der Waals surface area (Å²) in [5, 5.41) is 0. The molecular formula is C10H16OS. The Morgan fingerprint density at radius 3 is 2.50 bits per heavy atom. The number of thiol groups is 1. The summed E-state index contributed by atoms with van der Waals surface area (Å²) in [5.41, 5.74) is 1.25. The van der Waals surface area contributed by atoms with Crippen LogP contribution < -0.4 is 0 Å². The third kappa shape index (κ3) is 2.07. The van der Waals surface area contributed by atoms with Crippen molar-refractivity contribution in [3.63, 3.8) is 0 Å². The van der Waals surface area contributed by atoms with E-state index in [2.05, 4.69) is 26.5 Å². The van der Waals surface area contributed by atoms with Gasteiger partial charge in [0, 0.05) is 16.9 Å². The van der Waals surface area contributed by atoms with Gasteiger partial charge in [-0.2, -0.15) is 0 Å². The molecule has 0 N–H and O–H groups in total. The van der Waals surface area contributed by atoms with Crippen molar-refractivity contribution in [1.82, 2.24) is 0 Å². The zero-order valence-corrected chi connectivity index (χ0v) is 8.66. The topological polar surface area (TPSA) is 13.1 Å². The van der Waals surface area contributed by atoms with Gasteiger partial charge in [-0.25, -0.2) is 0 Å². The number of furan rings is 1. The average molecular weight is 184 g/mol. The lowest BCUT2D eigenvalue weighted by molar-refractivity contribution is 0.497. The Morgan fingerprint density at radius 1 is 1.25 bits per heavy atom. The quantitative estimate of drug-likeness (QED) is 0.707. The molecule has 68 valence electrons. The maximum atomic E-state index is 5.41. The summed E-state index contributed by atoms with van der Waals surface area (Å²) >= 11 is 4.44. The highest BCUT2D eigenvalue weighted by molar-refractivity contribution is 7.80. The summed E-state index contributed by atoms with van der Waals surface area (Å²) in [7, 11) is 0. The summed E-state index contributed by atoms with van der Waals surface area (Å²) < 4.78 is 5.41. The van der Waals surface area contributed by atoms with E-state index in [4.69, 9.17) is 4.42 Å². The maximum absolute atomic E-state index is 5.41. The van der Waals surface area contributed by atoms with Gasteiger partial charge >= 0.3 is 0 Å². The fourth-order valence-corrected chi connectivity index (χ4v) is 1.61. The fourth-order valence-electron chi connectivity index (χ4n) is 1.28. The molecule has 1 heterocycles. The first-order chi connectivity index (χ1) is 5.79. The Kier molecular flexibility index (Phi) is 3.73. The van der Waals surface area contributed by atoms with Gasteiger partial charge in [0.25, 0.3) is 0 Å². The molecule has 2 heteroatoms. The predicted octanol–water partition coefficient (Wildman–Crippen LogP) is 3.47. The molecule has 0 spiro atoms. The van der Waals surface area contributed by atoms with Crippen molar-refractivity contribution in [3.8, 4) is 0 Å². The highest BCUT2D eigenvalue weighted by Gasteiger charge is 2.07. The minimum Gasteiger partial charge on any atom is -0.468 e. The van der Waals surface area contributed by atoms with Crippen molar-refractivity contribution in [2.24, 2.45) is 0 Å².